The van der Waals surface area contributed by atoms with Gasteiger partial charge in [-0.3, -0.25) is 14.7 Å². The molecule has 0 aliphatic carbocycles. The zero-order valence-corrected chi connectivity index (χ0v) is 22.0. The number of benzene rings is 2. The van der Waals surface area contributed by atoms with Gasteiger partial charge in [0.1, 0.15) is 0 Å². The van der Waals surface area contributed by atoms with Crippen molar-refractivity contribution in [3.05, 3.63) is 88.1 Å². The maximum atomic E-state index is 12.8. The van der Waals surface area contributed by atoms with Crippen LogP contribution in [0.4, 0.5) is 0 Å². The van der Waals surface area contributed by atoms with Crippen LogP contribution in [0.15, 0.2) is 81.3 Å². The number of hydrogen-bond donors (Lipinski definition) is 1. The predicted molar refractivity (Wildman–Crippen MR) is 142 cm³/mol. The lowest BCUT2D eigenvalue weighted by molar-refractivity contribution is -0.117. The lowest BCUT2D eigenvalue weighted by atomic mass is 9.99. The Bertz CT molecular complexity index is 1330. The minimum atomic E-state index is -3.26. The molecular formula is C28H32N4O3S. The van der Waals surface area contributed by atoms with E-state index in [2.05, 4.69) is 41.8 Å². The van der Waals surface area contributed by atoms with E-state index in [1.54, 1.807) is 31.2 Å². The van der Waals surface area contributed by atoms with Crippen molar-refractivity contribution in [1.82, 2.24) is 10.2 Å². The molecular weight excluding hydrogens is 472 g/mol. The van der Waals surface area contributed by atoms with Gasteiger partial charge in [0.2, 0.25) is 5.91 Å². The summed E-state index contributed by atoms with van der Waals surface area (Å²) in [5.74, 6) is 0.0866. The molecule has 36 heavy (non-hydrogen) atoms. The molecule has 188 valence electrons. The number of nitrogens with one attached hydrogen (secondary N) is 1. The molecule has 0 unspecified atom stereocenters. The number of sulfone groups is 1. The molecule has 0 aromatic heterocycles. The number of rotatable bonds is 9. The van der Waals surface area contributed by atoms with Crippen LogP contribution in [0, 0.1) is 17.2 Å². The fourth-order valence-corrected chi connectivity index (χ4v) is 5.02. The normalized spacial score (nSPS) is 16.8. The lowest BCUT2D eigenvalue weighted by Crippen LogP contribution is -2.35. The number of aliphatic imine (C=N–C) groups is 1. The second kappa shape index (κ2) is 11.5. The quantitative estimate of drug-likeness (QED) is 0.410. The highest BCUT2D eigenvalue weighted by Crippen LogP contribution is 2.33. The Morgan fingerprint density at radius 1 is 1.19 bits per heavy atom. The van der Waals surface area contributed by atoms with Crippen LogP contribution in [0.5, 0.6) is 0 Å². The first-order valence-electron chi connectivity index (χ1n) is 11.7. The van der Waals surface area contributed by atoms with Crippen LogP contribution in [-0.2, 0) is 27.7 Å². The van der Waals surface area contributed by atoms with Crippen LogP contribution in [0.25, 0.3) is 0 Å². The zero-order valence-electron chi connectivity index (χ0n) is 21.2. The molecule has 0 saturated heterocycles. The van der Waals surface area contributed by atoms with Crippen LogP contribution < -0.4 is 5.32 Å². The molecule has 0 radical (unpaired) electrons. The summed E-state index contributed by atoms with van der Waals surface area (Å²) in [5, 5.41) is 11.9. The van der Waals surface area contributed by atoms with Gasteiger partial charge >= 0.3 is 0 Å². The first-order valence-corrected chi connectivity index (χ1v) is 13.6. The lowest BCUT2D eigenvalue weighted by Gasteiger charge is -2.28. The second-order valence-corrected chi connectivity index (χ2v) is 11.4. The SMILES string of the molecule is C=NC1=C(/C=C(\C)C(=O)NCc2ccc(S(C)(=O)=O)cc2)CN(Cc2ccc(C#N)cc2)[C@@H]1C(C)C. The third-order valence-electron chi connectivity index (χ3n) is 6.20. The molecule has 7 nitrogen and oxygen atoms in total. The average molecular weight is 505 g/mol. The number of nitriles is 1. The Labute approximate surface area is 213 Å². The van der Waals surface area contributed by atoms with E-state index in [1.165, 1.54) is 0 Å². The molecule has 3 rings (SSSR count). The highest BCUT2D eigenvalue weighted by molar-refractivity contribution is 7.90. The largest absolute Gasteiger partial charge is 0.348 e. The third-order valence-corrected chi connectivity index (χ3v) is 7.33. The number of hydrogen-bond acceptors (Lipinski definition) is 6. The summed E-state index contributed by atoms with van der Waals surface area (Å²) in [6, 6.07) is 16.3. The van der Waals surface area contributed by atoms with Crippen molar-refractivity contribution in [3.8, 4) is 6.07 Å². The fraction of sp³-hybridized carbons (Fsp3) is 0.321. The van der Waals surface area contributed by atoms with E-state index in [1.807, 2.05) is 30.3 Å². The number of amides is 1. The minimum Gasteiger partial charge on any atom is -0.348 e. The average Bonchev–Trinajstić information content (AvgIpc) is 3.19. The molecule has 0 saturated carbocycles. The summed E-state index contributed by atoms with van der Waals surface area (Å²) in [6.07, 6.45) is 3.04. The molecule has 8 heteroatoms. The van der Waals surface area contributed by atoms with Crippen molar-refractivity contribution in [2.24, 2.45) is 10.9 Å². The molecule has 0 bridgehead atoms. The van der Waals surface area contributed by atoms with Crippen molar-refractivity contribution in [2.45, 2.75) is 44.8 Å². The van der Waals surface area contributed by atoms with E-state index >= 15 is 0 Å². The van der Waals surface area contributed by atoms with Gasteiger partial charge in [0, 0.05) is 31.5 Å². The Morgan fingerprint density at radius 2 is 1.81 bits per heavy atom. The molecule has 2 aromatic carbocycles. The van der Waals surface area contributed by atoms with Crippen LogP contribution in [0.3, 0.4) is 0 Å². The monoisotopic (exact) mass is 504 g/mol. The molecule has 1 aliphatic rings. The van der Waals surface area contributed by atoms with Gasteiger partial charge in [0.15, 0.2) is 9.84 Å². The summed E-state index contributed by atoms with van der Waals surface area (Å²) in [6.45, 7) is 11.5. The van der Waals surface area contributed by atoms with Gasteiger partial charge in [-0.1, -0.05) is 38.1 Å². The predicted octanol–water partition coefficient (Wildman–Crippen LogP) is 4.02. The second-order valence-electron chi connectivity index (χ2n) is 9.40. The van der Waals surface area contributed by atoms with Crippen molar-refractivity contribution in [1.29, 1.82) is 5.26 Å². The number of carbonyl (C=O) groups excluding carboxylic acids is 1. The van der Waals surface area contributed by atoms with E-state index < -0.39 is 9.84 Å². The van der Waals surface area contributed by atoms with Gasteiger partial charge in [-0.2, -0.15) is 5.26 Å². The Kier molecular flexibility index (Phi) is 8.62. The van der Waals surface area contributed by atoms with E-state index in [0.29, 0.717) is 36.7 Å². The van der Waals surface area contributed by atoms with Gasteiger partial charge < -0.3 is 5.32 Å². The van der Waals surface area contributed by atoms with Crippen molar-refractivity contribution >= 4 is 22.5 Å². The number of carbonyl (C=O) groups is 1. The molecule has 1 N–H and O–H groups in total. The van der Waals surface area contributed by atoms with E-state index in [4.69, 9.17) is 5.26 Å². The molecule has 0 spiro atoms. The molecule has 2 aromatic rings. The molecule has 1 atom stereocenters. The van der Waals surface area contributed by atoms with Crippen LogP contribution in [-0.4, -0.2) is 44.8 Å². The third kappa shape index (κ3) is 6.56. The van der Waals surface area contributed by atoms with Gasteiger partial charge in [0.05, 0.1) is 28.3 Å². The van der Waals surface area contributed by atoms with Crippen molar-refractivity contribution in [3.63, 3.8) is 0 Å². The minimum absolute atomic E-state index is 0.0635. The summed E-state index contributed by atoms with van der Waals surface area (Å²) in [5.41, 5.74) is 4.94. The zero-order chi connectivity index (χ0) is 26.5. The fourth-order valence-electron chi connectivity index (χ4n) is 4.39. The first kappa shape index (κ1) is 27.1. The van der Waals surface area contributed by atoms with E-state index in [-0.39, 0.29) is 16.8 Å². The van der Waals surface area contributed by atoms with Gasteiger partial charge in [-0.15, -0.1) is 0 Å². The summed E-state index contributed by atoms with van der Waals surface area (Å²) in [4.78, 5) is 19.7. The van der Waals surface area contributed by atoms with Crippen LogP contribution in [0.1, 0.15) is 37.5 Å². The molecule has 1 amide bonds. The summed E-state index contributed by atoms with van der Waals surface area (Å²) in [7, 11) is -3.26. The van der Waals surface area contributed by atoms with Gasteiger partial charge in [-0.25, -0.2) is 8.42 Å². The summed E-state index contributed by atoms with van der Waals surface area (Å²) < 4.78 is 23.2. The smallest absolute Gasteiger partial charge is 0.247 e. The standard InChI is InChI=1S/C28H32N4O3S/c1-19(2)27-26(30-4)24(18-32(27)17-23-8-6-21(15-29)7-9-23)14-20(3)28(33)31-16-22-10-12-25(13-11-22)36(5,34)35/h6-14,19,27H,4,16-18H2,1-3,5H3,(H,31,33)/b20-14+/t27-/m1/s1. The van der Waals surface area contributed by atoms with Gasteiger partial charge in [-0.05, 0) is 66.6 Å². The van der Waals surface area contributed by atoms with Crippen LogP contribution >= 0.6 is 0 Å². The van der Waals surface area contributed by atoms with E-state index in [9.17, 15) is 13.2 Å². The maximum Gasteiger partial charge on any atom is 0.247 e. The Balaban J connectivity index is 1.72. The number of nitrogens with zero attached hydrogens (tertiary/aromatic N) is 3. The van der Waals surface area contributed by atoms with Crippen LogP contribution in [0.2, 0.25) is 0 Å². The molecule has 1 heterocycles. The Morgan fingerprint density at radius 3 is 2.33 bits per heavy atom. The van der Waals surface area contributed by atoms with E-state index in [0.717, 1.165) is 28.7 Å². The van der Waals surface area contributed by atoms with Gasteiger partial charge in [0.25, 0.3) is 0 Å². The molecule has 0 fully saturated rings. The first-order chi connectivity index (χ1) is 17.0. The molecule has 1 aliphatic heterocycles. The summed E-state index contributed by atoms with van der Waals surface area (Å²) >= 11 is 0. The topological polar surface area (TPSA) is 103 Å². The maximum absolute atomic E-state index is 12.8. The Hall–Kier alpha value is -3.54. The highest BCUT2D eigenvalue weighted by atomic mass is 32.2. The van der Waals surface area contributed by atoms with Crippen molar-refractivity contribution < 1.29 is 13.2 Å². The van der Waals surface area contributed by atoms with Crippen molar-refractivity contribution in [2.75, 3.05) is 12.8 Å². The highest BCUT2D eigenvalue weighted by Gasteiger charge is 2.34.